The van der Waals surface area contributed by atoms with Crippen LogP contribution in [0.25, 0.3) is 0 Å². The molecule has 1 aliphatic heterocycles. The minimum atomic E-state index is 0.482. The molecule has 106 valence electrons. The molecule has 0 bridgehead atoms. The molecule has 0 amide bonds. The summed E-state index contributed by atoms with van der Waals surface area (Å²) in [5.41, 5.74) is 1.15. The highest BCUT2D eigenvalue weighted by molar-refractivity contribution is 5.58. The molecule has 1 N–H and O–H groups in total. The summed E-state index contributed by atoms with van der Waals surface area (Å²) in [6.45, 7) is 10.7. The fourth-order valence-corrected chi connectivity index (χ4v) is 2.76. The van der Waals surface area contributed by atoms with Gasteiger partial charge in [-0.25, -0.2) is 9.97 Å². The number of aromatic nitrogens is 2. The van der Waals surface area contributed by atoms with E-state index in [0.29, 0.717) is 6.04 Å². The minimum Gasteiger partial charge on any atom is -0.370 e. The molecule has 0 aliphatic carbocycles. The molecule has 1 saturated heterocycles. The van der Waals surface area contributed by atoms with Crippen LogP contribution in [0.4, 0.5) is 11.6 Å². The van der Waals surface area contributed by atoms with Crippen molar-refractivity contribution >= 4 is 11.6 Å². The first kappa shape index (κ1) is 14.1. The predicted octanol–water partition coefficient (Wildman–Crippen LogP) is 1.75. The second-order valence-electron chi connectivity index (χ2n) is 5.36. The molecular weight excluding hydrogens is 238 g/mol. The van der Waals surface area contributed by atoms with Gasteiger partial charge in [-0.3, -0.25) is 0 Å². The molecule has 0 aromatic carbocycles. The van der Waals surface area contributed by atoms with Crippen LogP contribution < -0.4 is 10.2 Å². The molecule has 1 aromatic heterocycles. The molecule has 5 nitrogen and oxygen atoms in total. The van der Waals surface area contributed by atoms with Gasteiger partial charge in [0.05, 0.1) is 0 Å². The molecule has 1 aliphatic rings. The maximum atomic E-state index is 4.52. The van der Waals surface area contributed by atoms with Crippen LogP contribution in [0.1, 0.15) is 25.8 Å². The Balaban J connectivity index is 2.27. The number of nitrogens with one attached hydrogen (secondary N) is 1. The van der Waals surface area contributed by atoms with Gasteiger partial charge in [0.15, 0.2) is 0 Å². The van der Waals surface area contributed by atoms with E-state index < -0.39 is 0 Å². The summed E-state index contributed by atoms with van der Waals surface area (Å²) in [6.07, 6.45) is 2.85. The Kier molecular flexibility index (Phi) is 4.58. The highest BCUT2D eigenvalue weighted by atomic mass is 15.3. The molecule has 1 atom stereocenters. The molecule has 0 saturated carbocycles. The lowest BCUT2D eigenvalue weighted by Crippen LogP contribution is -2.39. The third kappa shape index (κ3) is 3.15. The van der Waals surface area contributed by atoms with Crippen molar-refractivity contribution in [2.75, 3.05) is 43.4 Å². The largest absolute Gasteiger partial charge is 0.370 e. The maximum absolute atomic E-state index is 4.52. The molecule has 2 heterocycles. The Hall–Kier alpha value is -1.36. The third-order valence-electron chi connectivity index (χ3n) is 3.72. The smallest absolute Gasteiger partial charge is 0.137 e. The maximum Gasteiger partial charge on any atom is 0.137 e. The van der Waals surface area contributed by atoms with Crippen molar-refractivity contribution in [2.45, 2.75) is 33.2 Å². The van der Waals surface area contributed by atoms with Crippen LogP contribution in [0.3, 0.4) is 0 Å². The van der Waals surface area contributed by atoms with E-state index in [1.165, 1.54) is 6.42 Å². The van der Waals surface area contributed by atoms with Crippen molar-refractivity contribution in [1.82, 2.24) is 14.9 Å². The van der Waals surface area contributed by atoms with Crippen LogP contribution in [-0.2, 0) is 0 Å². The van der Waals surface area contributed by atoms with E-state index in [-0.39, 0.29) is 0 Å². The second kappa shape index (κ2) is 6.19. The van der Waals surface area contributed by atoms with Crippen LogP contribution in [0, 0.1) is 6.92 Å². The summed E-state index contributed by atoms with van der Waals surface area (Å²) in [7, 11) is 2.19. The lowest BCUT2D eigenvalue weighted by atomic mass is 10.2. The van der Waals surface area contributed by atoms with E-state index in [4.69, 9.17) is 0 Å². The van der Waals surface area contributed by atoms with Gasteiger partial charge >= 0.3 is 0 Å². The van der Waals surface area contributed by atoms with Gasteiger partial charge in [-0.15, -0.1) is 0 Å². The summed E-state index contributed by atoms with van der Waals surface area (Å²) >= 11 is 0. The molecule has 2 rings (SSSR count). The van der Waals surface area contributed by atoms with Gasteiger partial charge in [0.1, 0.15) is 18.0 Å². The van der Waals surface area contributed by atoms with Gasteiger partial charge in [0.2, 0.25) is 0 Å². The van der Waals surface area contributed by atoms with Crippen LogP contribution in [0.2, 0.25) is 0 Å². The predicted molar refractivity (Wildman–Crippen MR) is 79.9 cm³/mol. The van der Waals surface area contributed by atoms with E-state index in [9.17, 15) is 0 Å². The standard InChI is InChI=1S/C14H25N5/c1-5-15-13-12(3)14(17-10-16-13)19-8-6-7-18(4)9-11(19)2/h10-11H,5-9H2,1-4H3,(H,15,16,17). The molecule has 1 fully saturated rings. The lowest BCUT2D eigenvalue weighted by molar-refractivity contribution is 0.337. The van der Waals surface area contributed by atoms with Gasteiger partial charge < -0.3 is 15.1 Å². The zero-order chi connectivity index (χ0) is 13.8. The van der Waals surface area contributed by atoms with Crippen LogP contribution >= 0.6 is 0 Å². The SMILES string of the molecule is CCNc1ncnc(N2CCCN(C)CC2C)c1C. The molecule has 5 heteroatoms. The third-order valence-corrected chi connectivity index (χ3v) is 3.72. The normalized spacial score (nSPS) is 21.3. The van der Waals surface area contributed by atoms with E-state index in [0.717, 1.165) is 43.4 Å². The first-order chi connectivity index (χ1) is 9.13. The van der Waals surface area contributed by atoms with E-state index >= 15 is 0 Å². The van der Waals surface area contributed by atoms with Crippen LogP contribution in [0.15, 0.2) is 6.33 Å². The van der Waals surface area contributed by atoms with Crippen molar-refractivity contribution in [3.05, 3.63) is 11.9 Å². The number of hydrogen-bond acceptors (Lipinski definition) is 5. The van der Waals surface area contributed by atoms with Crippen molar-refractivity contribution in [2.24, 2.45) is 0 Å². The fraction of sp³-hybridized carbons (Fsp3) is 0.714. The molecule has 1 unspecified atom stereocenters. The number of anilines is 2. The number of hydrogen-bond donors (Lipinski definition) is 1. The Morgan fingerprint density at radius 3 is 2.89 bits per heavy atom. The van der Waals surface area contributed by atoms with E-state index in [1.807, 2.05) is 0 Å². The Morgan fingerprint density at radius 2 is 2.16 bits per heavy atom. The van der Waals surface area contributed by atoms with Crippen molar-refractivity contribution in [1.29, 1.82) is 0 Å². The van der Waals surface area contributed by atoms with Crippen LogP contribution in [0.5, 0.6) is 0 Å². The average molecular weight is 263 g/mol. The van der Waals surface area contributed by atoms with Crippen molar-refractivity contribution < 1.29 is 0 Å². The molecule has 19 heavy (non-hydrogen) atoms. The van der Waals surface area contributed by atoms with Crippen molar-refractivity contribution in [3.63, 3.8) is 0 Å². The Morgan fingerprint density at radius 1 is 1.37 bits per heavy atom. The summed E-state index contributed by atoms with van der Waals surface area (Å²) in [4.78, 5) is 13.7. The van der Waals surface area contributed by atoms with E-state index in [1.54, 1.807) is 6.33 Å². The molecular formula is C14H25N5. The van der Waals surface area contributed by atoms with Crippen molar-refractivity contribution in [3.8, 4) is 0 Å². The van der Waals surface area contributed by atoms with Gasteiger partial charge in [-0.2, -0.15) is 0 Å². The Labute approximate surface area is 116 Å². The average Bonchev–Trinajstić information content (AvgIpc) is 2.53. The zero-order valence-corrected chi connectivity index (χ0v) is 12.5. The zero-order valence-electron chi connectivity index (χ0n) is 12.5. The van der Waals surface area contributed by atoms with Gasteiger partial charge in [0.25, 0.3) is 0 Å². The van der Waals surface area contributed by atoms with Gasteiger partial charge in [-0.1, -0.05) is 0 Å². The topological polar surface area (TPSA) is 44.3 Å². The van der Waals surface area contributed by atoms with E-state index in [2.05, 4.69) is 52.9 Å². The number of likely N-dealkylation sites (N-methyl/N-ethyl adjacent to an activating group) is 1. The highest BCUT2D eigenvalue weighted by Crippen LogP contribution is 2.25. The lowest BCUT2D eigenvalue weighted by Gasteiger charge is -2.30. The molecule has 0 spiro atoms. The first-order valence-corrected chi connectivity index (χ1v) is 7.14. The number of rotatable bonds is 3. The first-order valence-electron chi connectivity index (χ1n) is 7.14. The summed E-state index contributed by atoms with van der Waals surface area (Å²) in [5.74, 6) is 2.03. The summed E-state index contributed by atoms with van der Waals surface area (Å²) < 4.78 is 0. The molecule has 0 radical (unpaired) electrons. The van der Waals surface area contributed by atoms with Gasteiger partial charge in [-0.05, 0) is 40.8 Å². The van der Waals surface area contributed by atoms with Gasteiger partial charge in [0, 0.05) is 31.2 Å². The second-order valence-corrected chi connectivity index (χ2v) is 5.36. The minimum absolute atomic E-state index is 0.482. The summed E-state index contributed by atoms with van der Waals surface area (Å²) in [6, 6.07) is 0.482. The quantitative estimate of drug-likeness (QED) is 0.900. The fourth-order valence-electron chi connectivity index (χ4n) is 2.76. The Bertz CT molecular complexity index is 420. The van der Waals surface area contributed by atoms with Crippen LogP contribution in [-0.4, -0.2) is 54.1 Å². The highest BCUT2D eigenvalue weighted by Gasteiger charge is 2.23. The number of nitrogens with zero attached hydrogens (tertiary/aromatic N) is 4. The molecule has 1 aromatic rings. The summed E-state index contributed by atoms with van der Waals surface area (Å²) in [5, 5.41) is 3.31. The monoisotopic (exact) mass is 263 g/mol.